The van der Waals surface area contributed by atoms with E-state index < -0.39 is 0 Å². The van der Waals surface area contributed by atoms with Crippen molar-refractivity contribution in [2.45, 2.75) is 31.9 Å². The average molecular weight is 492 g/mol. The molecule has 0 radical (unpaired) electrons. The molecule has 1 fully saturated rings. The summed E-state index contributed by atoms with van der Waals surface area (Å²) in [6.45, 7) is 4.78. The van der Waals surface area contributed by atoms with Crippen molar-refractivity contribution in [2.24, 2.45) is 0 Å². The minimum absolute atomic E-state index is 0.0472. The summed E-state index contributed by atoms with van der Waals surface area (Å²) in [5.74, 6) is 0.720. The lowest BCUT2D eigenvalue weighted by Crippen LogP contribution is -2.30. The largest absolute Gasteiger partial charge is 0.443 e. The van der Waals surface area contributed by atoms with Gasteiger partial charge >= 0.3 is 0 Å². The molecule has 4 aromatic rings. The lowest BCUT2D eigenvalue weighted by molar-refractivity contribution is -0.125. The van der Waals surface area contributed by atoms with Crippen molar-refractivity contribution < 1.29 is 19.1 Å². The number of carbonyl (C=O) groups excluding carboxylic acids is 2. The van der Waals surface area contributed by atoms with Crippen molar-refractivity contribution in [1.82, 2.24) is 19.4 Å². The maximum absolute atomic E-state index is 13.2. The molecule has 1 atom stereocenters. The molecule has 1 aliphatic rings. The molecular weight excluding hydrogens is 466 g/mol. The molecule has 1 aromatic carbocycles. The normalized spacial score (nSPS) is 16.3. The minimum atomic E-state index is -0.267. The number of oxazole rings is 1. The predicted octanol–water partition coefficient (Wildman–Crippen LogP) is 4.24. The lowest BCUT2D eigenvalue weighted by atomic mass is 10.1. The number of nitrogens with one attached hydrogen (secondary N) is 1. The number of hydrogen-bond acceptors (Lipinski definition) is 7. The molecule has 9 nitrogen and oxygen atoms in total. The third-order valence-corrected chi connectivity index (χ3v) is 7.31. The van der Waals surface area contributed by atoms with Crippen molar-refractivity contribution in [2.75, 3.05) is 18.4 Å². The van der Waals surface area contributed by atoms with E-state index in [0.29, 0.717) is 35.2 Å². The fourth-order valence-corrected chi connectivity index (χ4v) is 5.33. The Labute approximate surface area is 205 Å². The molecule has 0 aliphatic carbocycles. The van der Waals surface area contributed by atoms with Crippen LogP contribution in [0.25, 0.3) is 21.7 Å². The van der Waals surface area contributed by atoms with Gasteiger partial charge in [0.25, 0.3) is 5.91 Å². The molecule has 1 aliphatic heterocycles. The molecule has 10 heteroatoms. The Morgan fingerprint density at radius 1 is 1.26 bits per heavy atom. The van der Waals surface area contributed by atoms with Gasteiger partial charge in [0, 0.05) is 19.1 Å². The fourth-order valence-electron chi connectivity index (χ4n) is 4.48. The van der Waals surface area contributed by atoms with Gasteiger partial charge in [-0.2, -0.15) is 0 Å². The molecule has 0 spiro atoms. The van der Waals surface area contributed by atoms with Crippen LogP contribution >= 0.6 is 11.3 Å². The van der Waals surface area contributed by atoms with Gasteiger partial charge in [-0.15, -0.1) is 11.3 Å². The zero-order valence-corrected chi connectivity index (χ0v) is 19.8. The SMILES string of the molecule is C=CC(=O)N1CCC[C@@H](n2c(NC(=O)c3ccc(-c4cnco4)s3)nc3cc(CO)ccc32)CC1. The number of aliphatic hydroxyl groups is 1. The number of benzene rings is 1. The van der Waals surface area contributed by atoms with Gasteiger partial charge in [0.2, 0.25) is 11.9 Å². The molecule has 2 amide bonds. The summed E-state index contributed by atoms with van der Waals surface area (Å²) in [5.41, 5.74) is 2.32. The van der Waals surface area contributed by atoms with E-state index in [9.17, 15) is 14.7 Å². The first-order chi connectivity index (χ1) is 17.1. The number of anilines is 1. The molecule has 0 saturated carbocycles. The lowest BCUT2D eigenvalue weighted by Gasteiger charge is -2.21. The zero-order chi connectivity index (χ0) is 24.4. The molecule has 3 aromatic heterocycles. The minimum Gasteiger partial charge on any atom is -0.443 e. The summed E-state index contributed by atoms with van der Waals surface area (Å²) < 4.78 is 7.39. The van der Waals surface area contributed by atoms with Crippen LogP contribution in [0.1, 0.15) is 40.5 Å². The summed E-state index contributed by atoms with van der Waals surface area (Å²) in [7, 11) is 0. The monoisotopic (exact) mass is 491 g/mol. The Kier molecular flexibility index (Phi) is 6.47. The second-order valence-electron chi connectivity index (χ2n) is 8.38. The predicted molar refractivity (Wildman–Crippen MR) is 133 cm³/mol. The van der Waals surface area contributed by atoms with E-state index in [1.165, 1.54) is 23.8 Å². The second kappa shape index (κ2) is 9.85. The first kappa shape index (κ1) is 23.0. The fraction of sp³-hybridized carbons (Fsp3) is 0.280. The molecule has 4 heterocycles. The van der Waals surface area contributed by atoms with Crippen LogP contribution in [-0.4, -0.2) is 49.4 Å². The van der Waals surface area contributed by atoms with Crippen molar-refractivity contribution in [3.63, 3.8) is 0 Å². The molecule has 35 heavy (non-hydrogen) atoms. The maximum Gasteiger partial charge on any atom is 0.268 e. The maximum atomic E-state index is 13.2. The first-order valence-corrected chi connectivity index (χ1v) is 12.2. The molecule has 1 saturated heterocycles. The van der Waals surface area contributed by atoms with Gasteiger partial charge in [-0.05, 0) is 55.2 Å². The number of carbonyl (C=O) groups is 2. The van der Waals surface area contributed by atoms with E-state index in [0.717, 1.165) is 35.2 Å². The van der Waals surface area contributed by atoms with Gasteiger partial charge < -0.3 is 19.0 Å². The number of nitrogens with zero attached hydrogens (tertiary/aromatic N) is 4. The van der Waals surface area contributed by atoms with Crippen LogP contribution in [-0.2, 0) is 11.4 Å². The number of amides is 2. The highest BCUT2D eigenvalue weighted by Crippen LogP contribution is 2.33. The Bertz CT molecular complexity index is 1370. The number of imidazole rings is 1. The van der Waals surface area contributed by atoms with Crippen LogP contribution in [0.3, 0.4) is 0 Å². The molecular formula is C25H25N5O4S. The van der Waals surface area contributed by atoms with E-state index in [2.05, 4.69) is 21.4 Å². The van der Waals surface area contributed by atoms with Crippen LogP contribution in [0.15, 0.2) is 60.0 Å². The van der Waals surface area contributed by atoms with Gasteiger partial charge in [0.05, 0.1) is 33.6 Å². The number of likely N-dealkylation sites (tertiary alicyclic amines) is 1. The van der Waals surface area contributed by atoms with E-state index in [1.807, 2.05) is 29.2 Å². The summed E-state index contributed by atoms with van der Waals surface area (Å²) in [4.78, 5) is 37.1. The van der Waals surface area contributed by atoms with Crippen LogP contribution in [0.5, 0.6) is 0 Å². The average Bonchev–Trinajstić information content (AvgIpc) is 3.60. The van der Waals surface area contributed by atoms with Crippen molar-refractivity contribution in [3.05, 3.63) is 66.0 Å². The molecule has 0 bridgehead atoms. The number of aliphatic hydroxyl groups excluding tert-OH is 1. The Morgan fingerprint density at radius 3 is 2.91 bits per heavy atom. The highest BCUT2D eigenvalue weighted by Gasteiger charge is 2.25. The topological polar surface area (TPSA) is 113 Å². The number of aromatic nitrogens is 3. The molecule has 180 valence electrons. The van der Waals surface area contributed by atoms with E-state index in [-0.39, 0.29) is 24.5 Å². The van der Waals surface area contributed by atoms with E-state index in [4.69, 9.17) is 9.40 Å². The van der Waals surface area contributed by atoms with Gasteiger partial charge in [-0.1, -0.05) is 12.6 Å². The zero-order valence-electron chi connectivity index (χ0n) is 19.0. The van der Waals surface area contributed by atoms with Crippen LogP contribution in [0.2, 0.25) is 0 Å². The van der Waals surface area contributed by atoms with Gasteiger partial charge in [-0.25, -0.2) is 9.97 Å². The summed E-state index contributed by atoms with van der Waals surface area (Å²) >= 11 is 1.31. The standard InChI is InChI=1S/C25H25N5O4S/c1-2-23(32)29-10-3-4-17(9-11-29)30-19-6-5-16(14-31)12-18(19)27-25(30)28-24(33)22-8-7-21(35-22)20-13-26-15-34-20/h2,5-8,12-13,15,17,31H,1,3-4,9-11,14H2,(H,27,28,33)/t17-/m1/s1. The van der Waals surface area contributed by atoms with Crippen LogP contribution < -0.4 is 5.32 Å². The highest BCUT2D eigenvalue weighted by atomic mass is 32.1. The quantitative estimate of drug-likeness (QED) is 0.390. The Morgan fingerprint density at radius 2 is 2.14 bits per heavy atom. The van der Waals surface area contributed by atoms with Gasteiger partial charge in [0.15, 0.2) is 12.2 Å². The Hall–Kier alpha value is -3.76. The second-order valence-corrected chi connectivity index (χ2v) is 9.47. The number of rotatable bonds is 6. The van der Waals surface area contributed by atoms with Crippen molar-refractivity contribution in [1.29, 1.82) is 0 Å². The summed E-state index contributed by atoms with van der Waals surface area (Å²) in [6.07, 6.45) is 6.71. The number of hydrogen-bond donors (Lipinski definition) is 2. The number of thiophene rings is 1. The smallest absolute Gasteiger partial charge is 0.268 e. The van der Waals surface area contributed by atoms with Gasteiger partial charge in [-0.3, -0.25) is 14.9 Å². The first-order valence-electron chi connectivity index (χ1n) is 11.4. The molecule has 5 rings (SSSR count). The third kappa shape index (κ3) is 4.62. The van der Waals surface area contributed by atoms with Crippen molar-refractivity contribution in [3.8, 4) is 10.6 Å². The van der Waals surface area contributed by atoms with Crippen LogP contribution in [0.4, 0.5) is 5.95 Å². The molecule has 0 unspecified atom stereocenters. The van der Waals surface area contributed by atoms with E-state index >= 15 is 0 Å². The van der Waals surface area contributed by atoms with Crippen molar-refractivity contribution >= 4 is 40.1 Å². The summed E-state index contributed by atoms with van der Waals surface area (Å²) in [6, 6.07) is 9.24. The highest BCUT2D eigenvalue weighted by molar-refractivity contribution is 7.17. The third-order valence-electron chi connectivity index (χ3n) is 6.22. The van der Waals surface area contributed by atoms with E-state index in [1.54, 1.807) is 12.3 Å². The number of fused-ring (bicyclic) bond motifs is 1. The Balaban J connectivity index is 1.46. The van der Waals surface area contributed by atoms with Crippen LogP contribution in [0, 0.1) is 0 Å². The summed E-state index contributed by atoms with van der Waals surface area (Å²) in [5, 5.41) is 12.6. The van der Waals surface area contributed by atoms with Gasteiger partial charge in [0.1, 0.15) is 0 Å². The molecule has 2 N–H and O–H groups in total.